The number of amides is 4. The van der Waals surface area contributed by atoms with Crippen LogP contribution in [0.1, 0.15) is 93.6 Å². The van der Waals surface area contributed by atoms with Gasteiger partial charge in [0.05, 0.1) is 23.9 Å². The Morgan fingerprint density at radius 2 is 1.78 bits per heavy atom. The summed E-state index contributed by atoms with van der Waals surface area (Å²) in [5.74, 6) is 0.0517. The first-order valence-corrected chi connectivity index (χ1v) is 24.2. The topological polar surface area (TPSA) is 184 Å². The molecule has 3 N–H and O–H groups in total. The van der Waals surface area contributed by atoms with Crippen LogP contribution in [0, 0.1) is 5.41 Å². The Bertz CT molecular complexity index is 2660. The van der Waals surface area contributed by atoms with Gasteiger partial charge in [-0.05, 0) is 120 Å². The molecule has 5 fully saturated rings. The van der Waals surface area contributed by atoms with Crippen molar-refractivity contribution in [1.82, 2.24) is 35.0 Å². The summed E-state index contributed by atoms with van der Waals surface area (Å²) in [5, 5.41) is 9.40. The van der Waals surface area contributed by atoms with Crippen LogP contribution in [0.15, 0.2) is 53.5 Å². The van der Waals surface area contributed by atoms with Gasteiger partial charge in [0.25, 0.3) is 17.4 Å². The van der Waals surface area contributed by atoms with Gasteiger partial charge >= 0.3 is 0 Å². The zero-order chi connectivity index (χ0) is 46.6. The van der Waals surface area contributed by atoms with E-state index in [9.17, 15) is 24.0 Å². The van der Waals surface area contributed by atoms with E-state index >= 15 is 0 Å². The Morgan fingerprint density at radius 3 is 2.55 bits per heavy atom. The number of rotatable bonds is 12. The van der Waals surface area contributed by atoms with E-state index in [0.717, 1.165) is 99.2 Å². The maximum Gasteiger partial charge on any atom is 0.293 e. The number of nitrogens with one attached hydrogen (secondary N) is 3. The molecular formula is C49H59ClN10O7. The number of hydrogen-bond donors (Lipinski definition) is 3. The minimum absolute atomic E-state index is 0.0975. The van der Waals surface area contributed by atoms with Gasteiger partial charge in [-0.3, -0.25) is 34.2 Å². The summed E-state index contributed by atoms with van der Waals surface area (Å²) >= 11 is 6.63. The van der Waals surface area contributed by atoms with E-state index in [4.69, 9.17) is 26.1 Å². The van der Waals surface area contributed by atoms with Crippen molar-refractivity contribution in [1.29, 1.82) is 0 Å². The summed E-state index contributed by atoms with van der Waals surface area (Å²) < 4.78 is 14.0. The van der Waals surface area contributed by atoms with Gasteiger partial charge in [0.15, 0.2) is 18.2 Å². The molecule has 4 aromatic rings. The number of fused-ring (bicyclic) bond motifs is 2. The van der Waals surface area contributed by atoms with E-state index in [1.807, 2.05) is 38.1 Å². The Morgan fingerprint density at radius 1 is 0.955 bits per heavy atom. The van der Waals surface area contributed by atoms with E-state index in [1.165, 1.54) is 19.9 Å². The van der Waals surface area contributed by atoms with E-state index in [-0.39, 0.29) is 71.6 Å². The van der Waals surface area contributed by atoms with Crippen LogP contribution >= 0.6 is 11.6 Å². The Balaban J connectivity index is 0.700. The number of piperidine rings is 3. The maximum absolute atomic E-state index is 13.3. The predicted octanol–water partition coefficient (Wildman–Crippen LogP) is 5.16. The molecule has 6 aliphatic rings. The molecule has 18 heteroatoms. The number of carbonyl (C=O) groups is 4. The highest BCUT2D eigenvalue weighted by molar-refractivity contribution is 6.33. The molecular weight excluding hydrogens is 876 g/mol. The van der Waals surface area contributed by atoms with Crippen molar-refractivity contribution in [3.8, 4) is 5.75 Å². The monoisotopic (exact) mass is 934 g/mol. The smallest absolute Gasteiger partial charge is 0.293 e. The number of halogens is 1. The fourth-order valence-electron chi connectivity index (χ4n) is 11.2. The maximum atomic E-state index is 13.3. The molecule has 4 amide bonds. The fourth-order valence-corrected chi connectivity index (χ4v) is 11.3. The molecule has 354 valence electrons. The van der Waals surface area contributed by atoms with Gasteiger partial charge in [-0.25, -0.2) is 4.98 Å². The van der Waals surface area contributed by atoms with Gasteiger partial charge in [0, 0.05) is 92.6 Å². The van der Waals surface area contributed by atoms with Crippen LogP contribution in [0.5, 0.6) is 5.75 Å². The number of nitrogens with zero attached hydrogens (tertiary/aromatic N) is 7. The molecule has 67 heavy (non-hydrogen) atoms. The molecule has 4 saturated heterocycles. The highest BCUT2D eigenvalue weighted by atomic mass is 35.5. The van der Waals surface area contributed by atoms with Crippen LogP contribution in [0.25, 0.3) is 10.9 Å². The number of likely N-dealkylation sites (tertiary alicyclic amines) is 1. The molecule has 0 bridgehead atoms. The number of aromatic nitrogens is 3. The molecule has 1 spiro atoms. The fraction of sp³-hybridized carbons (Fsp3) is 0.531. The highest BCUT2D eigenvalue weighted by Crippen LogP contribution is 2.44. The van der Waals surface area contributed by atoms with Crippen molar-refractivity contribution in [3.63, 3.8) is 0 Å². The average molecular weight is 936 g/mol. The summed E-state index contributed by atoms with van der Waals surface area (Å²) in [6.45, 7) is 9.73. The molecule has 5 aliphatic heterocycles. The summed E-state index contributed by atoms with van der Waals surface area (Å²) in [4.78, 5) is 81.2. The van der Waals surface area contributed by atoms with Crippen LogP contribution in [0.2, 0.25) is 5.02 Å². The number of benzene rings is 2. The highest BCUT2D eigenvalue weighted by Gasteiger charge is 2.47. The third kappa shape index (κ3) is 9.05. The zero-order valence-electron chi connectivity index (χ0n) is 38.4. The molecule has 0 radical (unpaired) electrons. The summed E-state index contributed by atoms with van der Waals surface area (Å²) in [7, 11) is 1.52. The third-order valence-electron chi connectivity index (χ3n) is 14.8. The zero-order valence-corrected chi connectivity index (χ0v) is 39.1. The van der Waals surface area contributed by atoms with Crippen LogP contribution < -0.4 is 36.0 Å². The number of anilines is 4. The van der Waals surface area contributed by atoms with Crippen molar-refractivity contribution in [2.45, 2.75) is 109 Å². The van der Waals surface area contributed by atoms with E-state index in [2.05, 4.69) is 47.8 Å². The van der Waals surface area contributed by atoms with Gasteiger partial charge < -0.3 is 39.4 Å². The number of likely N-dealkylation sites (N-methyl/N-ethyl adjacent to an activating group) is 1. The van der Waals surface area contributed by atoms with Crippen LogP contribution in [-0.2, 0) is 25.7 Å². The lowest BCUT2D eigenvalue weighted by Crippen LogP contribution is -2.52. The van der Waals surface area contributed by atoms with Crippen molar-refractivity contribution in [2.24, 2.45) is 5.41 Å². The Labute approximate surface area is 394 Å². The SMILES string of the molecule is CNC(=O)COc1cc2cc(Nc3nc(N4CCC(OC5CC(N6CC[C@]7(CCCN(c8ccc9c(c8)CN([C@@H]8CCC(=O)NC8=O)C9=O)C7)C6)C5)CC4)ncc3Cl)ccc2n(C(C)C)c1=O. The Hall–Kier alpha value is -5.78. The predicted molar refractivity (Wildman–Crippen MR) is 254 cm³/mol. The second-order valence-electron chi connectivity index (χ2n) is 19.6. The summed E-state index contributed by atoms with van der Waals surface area (Å²) in [5.41, 5.74) is 4.15. The quantitative estimate of drug-likeness (QED) is 0.159. The Kier molecular flexibility index (Phi) is 12.3. The van der Waals surface area contributed by atoms with Gasteiger partial charge in [0.2, 0.25) is 17.8 Å². The largest absolute Gasteiger partial charge is 0.478 e. The number of hydrogen-bond acceptors (Lipinski definition) is 13. The molecule has 1 saturated carbocycles. The summed E-state index contributed by atoms with van der Waals surface area (Å²) in [6, 6.07) is 13.3. The number of ether oxygens (including phenoxy) is 2. The first-order valence-electron chi connectivity index (χ1n) is 23.8. The minimum Gasteiger partial charge on any atom is -0.478 e. The van der Waals surface area contributed by atoms with E-state index < -0.39 is 6.04 Å². The second-order valence-corrected chi connectivity index (χ2v) is 20.0. The van der Waals surface area contributed by atoms with Gasteiger partial charge in [-0.1, -0.05) is 11.6 Å². The molecule has 0 unspecified atom stereocenters. The van der Waals surface area contributed by atoms with Crippen molar-refractivity contribution < 1.29 is 28.7 Å². The molecule has 1 aliphatic carbocycles. The van der Waals surface area contributed by atoms with Crippen LogP contribution in [0.4, 0.5) is 23.1 Å². The number of carbonyl (C=O) groups excluding carboxylic acids is 4. The number of pyridine rings is 1. The van der Waals surface area contributed by atoms with E-state index in [1.54, 1.807) is 21.7 Å². The van der Waals surface area contributed by atoms with Gasteiger partial charge in [-0.15, -0.1) is 0 Å². The molecule has 10 rings (SSSR count). The minimum atomic E-state index is -0.607. The molecule has 7 heterocycles. The van der Waals surface area contributed by atoms with Crippen molar-refractivity contribution in [2.75, 3.05) is 68.0 Å². The lowest BCUT2D eigenvalue weighted by molar-refractivity contribution is -0.137. The first kappa shape index (κ1) is 45.0. The molecule has 2 aromatic heterocycles. The van der Waals surface area contributed by atoms with E-state index in [0.29, 0.717) is 41.4 Å². The second kappa shape index (κ2) is 18.4. The molecule has 2 aromatic carbocycles. The number of imide groups is 1. The summed E-state index contributed by atoms with van der Waals surface area (Å²) in [6.07, 6.45) is 10.1. The molecule has 2 atom stereocenters. The molecule has 17 nitrogen and oxygen atoms in total. The van der Waals surface area contributed by atoms with Crippen molar-refractivity contribution in [3.05, 3.63) is 75.2 Å². The normalized spacial score (nSPS) is 24.6. The lowest BCUT2D eigenvalue weighted by atomic mass is 9.78. The lowest BCUT2D eigenvalue weighted by Gasteiger charge is -2.45. The first-order chi connectivity index (χ1) is 32.3. The van der Waals surface area contributed by atoms with Crippen molar-refractivity contribution >= 4 is 69.3 Å². The van der Waals surface area contributed by atoms with Gasteiger partial charge in [0.1, 0.15) is 11.1 Å². The average Bonchev–Trinajstić information content (AvgIpc) is 3.86. The van der Waals surface area contributed by atoms with Gasteiger partial charge in [-0.2, -0.15) is 4.98 Å². The van der Waals surface area contributed by atoms with Crippen LogP contribution in [0.3, 0.4) is 0 Å². The standard InChI is InChI=1S/C49H59ClN10O7/c1-29(2)60-39-8-5-32(19-30(39)21-41(47(60)65)66-26-43(62)51-3)53-44-38(50)24-52-48(55-44)56-16-11-35(12-17-56)67-36-22-34(23-36)58-18-14-49(28-58)13-4-15-57(27-49)33-6-7-37-31(20-33)25-59(46(37)64)40-9-10-42(61)54-45(40)63/h5-8,19-21,24,29,34-36,40H,4,9-18,22-23,25-28H2,1-3H3,(H,51,62)(H,52,53,55)(H,54,61,63)/t34?,36?,40-,49+/m1/s1. The third-order valence-corrected chi connectivity index (χ3v) is 15.1. The van der Waals surface area contributed by atoms with Crippen LogP contribution in [-0.4, -0.2) is 125 Å².